The van der Waals surface area contributed by atoms with Crippen molar-refractivity contribution in [1.29, 1.82) is 0 Å². The lowest BCUT2D eigenvalue weighted by Gasteiger charge is -2.30. The van der Waals surface area contributed by atoms with Crippen molar-refractivity contribution in [3.63, 3.8) is 0 Å². The van der Waals surface area contributed by atoms with Crippen molar-refractivity contribution >= 4 is 33.2 Å². The van der Waals surface area contributed by atoms with E-state index in [0.29, 0.717) is 5.41 Å². The number of nitrogens with one attached hydrogen (secondary N) is 1. The lowest BCUT2D eigenvalue weighted by molar-refractivity contribution is 0.105. The van der Waals surface area contributed by atoms with Gasteiger partial charge in [-0.05, 0) is 73.0 Å². The maximum atomic E-state index is 12.9. The minimum absolute atomic E-state index is 0.0348. The fourth-order valence-electron chi connectivity index (χ4n) is 3.66. The van der Waals surface area contributed by atoms with E-state index in [2.05, 4.69) is 25.5 Å². The van der Waals surface area contributed by atoms with Gasteiger partial charge in [0.1, 0.15) is 0 Å². The molecule has 1 aliphatic carbocycles. The molecule has 28 heavy (non-hydrogen) atoms. The second-order valence-corrected chi connectivity index (χ2v) is 11.0. The van der Waals surface area contributed by atoms with Crippen molar-refractivity contribution in [2.24, 2.45) is 5.41 Å². The van der Waals surface area contributed by atoms with Gasteiger partial charge in [0, 0.05) is 4.88 Å². The van der Waals surface area contributed by atoms with Crippen molar-refractivity contribution in [1.82, 2.24) is 4.72 Å². The standard InChI is InChI=1S/C22H27NO3S2/c1-5-20-18-14-22(2,3)13-12-17(18)21(27-20)19(24)11-8-15-6-9-16(10-7-15)28(25,26)23-4/h6-11,23H,5,12-14H2,1-4H3. The molecule has 2 aromatic rings. The summed E-state index contributed by atoms with van der Waals surface area (Å²) in [7, 11) is -2.06. The van der Waals surface area contributed by atoms with Crippen molar-refractivity contribution in [2.75, 3.05) is 7.05 Å². The molecule has 1 N–H and O–H groups in total. The predicted octanol–water partition coefficient (Wildman–Crippen LogP) is 4.63. The van der Waals surface area contributed by atoms with E-state index < -0.39 is 10.0 Å². The smallest absolute Gasteiger partial charge is 0.240 e. The number of aryl methyl sites for hydroxylation is 1. The SMILES string of the molecule is CCc1sc(C(=O)C=Cc2ccc(S(=O)(=O)NC)cc2)c2c1CC(C)(C)CC2. The predicted molar refractivity (Wildman–Crippen MR) is 116 cm³/mol. The Bertz CT molecular complexity index is 1010. The molecule has 0 radical (unpaired) electrons. The molecule has 1 aliphatic rings. The summed E-state index contributed by atoms with van der Waals surface area (Å²) in [5, 5.41) is 0. The zero-order chi connectivity index (χ0) is 20.5. The number of allylic oxidation sites excluding steroid dienone is 1. The van der Waals surface area contributed by atoms with Gasteiger partial charge in [-0.15, -0.1) is 11.3 Å². The lowest BCUT2D eigenvalue weighted by atomic mass is 9.74. The Balaban J connectivity index is 1.83. The molecule has 4 nitrogen and oxygen atoms in total. The highest BCUT2D eigenvalue weighted by Crippen LogP contribution is 2.42. The third-order valence-corrected chi connectivity index (χ3v) is 8.20. The highest BCUT2D eigenvalue weighted by Gasteiger charge is 2.31. The summed E-state index contributed by atoms with van der Waals surface area (Å²) in [6.45, 7) is 6.75. The molecule has 1 aromatic heterocycles. The fourth-order valence-corrected chi connectivity index (χ4v) is 5.62. The summed E-state index contributed by atoms with van der Waals surface area (Å²) >= 11 is 1.64. The molecular weight excluding hydrogens is 390 g/mol. The molecule has 0 saturated carbocycles. The van der Waals surface area contributed by atoms with Crippen LogP contribution in [0.15, 0.2) is 35.2 Å². The van der Waals surface area contributed by atoms with Crippen LogP contribution in [0.3, 0.4) is 0 Å². The molecule has 0 atom stereocenters. The maximum absolute atomic E-state index is 12.9. The summed E-state index contributed by atoms with van der Waals surface area (Å²) in [5.41, 5.74) is 3.72. The molecule has 0 saturated heterocycles. The third-order valence-electron chi connectivity index (χ3n) is 5.34. The number of ketones is 1. The van der Waals surface area contributed by atoms with Crippen LogP contribution in [0.25, 0.3) is 6.08 Å². The van der Waals surface area contributed by atoms with Gasteiger partial charge in [-0.2, -0.15) is 0 Å². The zero-order valence-corrected chi connectivity index (χ0v) is 18.5. The van der Waals surface area contributed by atoms with Crippen LogP contribution in [0.4, 0.5) is 0 Å². The number of rotatable bonds is 6. The highest BCUT2D eigenvalue weighted by atomic mass is 32.2. The van der Waals surface area contributed by atoms with Crippen LogP contribution in [-0.4, -0.2) is 21.2 Å². The van der Waals surface area contributed by atoms with E-state index in [1.54, 1.807) is 47.8 Å². The number of carbonyl (C=O) groups is 1. The monoisotopic (exact) mass is 417 g/mol. The average Bonchev–Trinajstić information content (AvgIpc) is 3.03. The Kier molecular flexibility index (Phi) is 5.94. The van der Waals surface area contributed by atoms with Crippen molar-refractivity contribution in [3.05, 3.63) is 56.8 Å². The van der Waals surface area contributed by atoms with E-state index in [1.165, 1.54) is 23.1 Å². The summed E-state index contributed by atoms with van der Waals surface area (Å²) in [6, 6.07) is 6.50. The molecule has 1 aromatic carbocycles. The van der Waals surface area contributed by atoms with Crippen LogP contribution in [0.2, 0.25) is 0 Å². The van der Waals surface area contributed by atoms with E-state index in [4.69, 9.17) is 0 Å². The molecule has 0 amide bonds. The van der Waals surface area contributed by atoms with Crippen molar-refractivity contribution in [3.8, 4) is 0 Å². The van der Waals surface area contributed by atoms with Gasteiger partial charge in [0.25, 0.3) is 0 Å². The van der Waals surface area contributed by atoms with Crippen LogP contribution in [0.5, 0.6) is 0 Å². The van der Waals surface area contributed by atoms with Gasteiger partial charge in [0.2, 0.25) is 10.0 Å². The molecule has 6 heteroatoms. The largest absolute Gasteiger partial charge is 0.288 e. The molecule has 1 heterocycles. The van der Waals surface area contributed by atoms with Gasteiger partial charge in [0.15, 0.2) is 5.78 Å². The number of thiophene rings is 1. The van der Waals surface area contributed by atoms with Gasteiger partial charge in [-0.3, -0.25) is 4.79 Å². The Morgan fingerprint density at radius 1 is 1.21 bits per heavy atom. The van der Waals surface area contributed by atoms with Gasteiger partial charge in [-0.1, -0.05) is 39.0 Å². The molecule has 0 fully saturated rings. The fraction of sp³-hybridized carbons (Fsp3) is 0.409. The van der Waals surface area contributed by atoms with E-state index in [1.807, 2.05) is 0 Å². The zero-order valence-electron chi connectivity index (χ0n) is 16.8. The second kappa shape index (κ2) is 7.93. The summed E-state index contributed by atoms with van der Waals surface area (Å²) < 4.78 is 25.9. The minimum atomic E-state index is -3.45. The van der Waals surface area contributed by atoms with E-state index >= 15 is 0 Å². The van der Waals surface area contributed by atoms with E-state index in [9.17, 15) is 13.2 Å². The van der Waals surface area contributed by atoms with Crippen molar-refractivity contribution in [2.45, 2.75) is 51.3 Å². The molecule has 0 bridgehead atoms. The van der Waals surface area contributed by atoms with Crippen LogP contribution in [-0.2, 0) is 29.3 Å². The normalized spacial score (nSPS) is 16.3. The molecule has 0 spiro atoms. The quantitative estimate of drug-likeness (QED) is 0.551. The maximum Gasteiger partial charge on any atom is 0.240 e. The van der Waals surface area contributed by atoms with Crippen LogP contribution in [0, 0.1) is 5.41 Å². The molecule has 150 valence electrons. The Hall–Kier alpha value is -1.76. The number of benzene rings is 1. The van der Waals surface area contributed by atoms with Gasteiger partial charge in [0.05, 0.1) is 9.77 Å². The van der Waals surface area contributed by atoms with Crippen LogP contribution in [0.1, 0.15) is 58.4 Å². The molecule has 3 rings (SSSR count). The molecule has 0 unspecified atom stereocenters. The third kappa shape index (κ3) is 4.29. The Labute approximate surface area is 171 Å². The van der Waals surface area contributed by atoms with Gasteiger partial charge < -0.3 is 0 Å². The highest BCUT2D eigenvalue weighted by molar-refractivity contribution is 7.89. The first-order valence-electron chi connectivity index (χ1n) is 9.56. The van der Waals surface area contributed by atoms with Crippen LogP contribution >= 0.6 is 11.3 Å². The summed E-state index contributed by atoms with van der Waals surface area (Å²) in [6.07, 6.45) is 7.42. The second-order valence-electron chi connectivity index (χ2n) is 7.98. The van der Waals surface area contributed by atoms with E-state index in [0.717, 1.165) is 36.1 Å². The van der Waals surface area contributed by atoms with Gasteiger partial charge in [-0.25, -0.2) is 13.1 Å². The lowest BCUT2D eigenvalue weighted by Crippen LogP contribution is -2.22. The first-order valence-corrected chi connectivity index (χ1v) is 11.9. The average molecular weight is 418 g/mol. The molecular formula is C22H27NO3S2. The van der Waals surface area contributed by atoms with Crippen LogP contribution < -0.4 is 4.72 Å². The first kappa shape index (κ1) is 21.0. The van der Waals surface area contributed by atoms with Crippen molar-refractivity contribution < 1.29 is 13.2 Å². The number of fused-ring (bicyclic) bond motifs is 1. The number of hydrogen-bond acceptors (Lipinski definition) is 4. The first-order chi connectivity index (χ1) is 13.2. The number of hydrogen-bond donors (Lipinski definition) is 1. The minimum Gasteiger partial charge on any atom is -0.288 e. The summed E-state index contributed by atoms with van der Waals surface area (Å²) in [4.78, 5) is 15.3. The number of sulfonamides is 1. The Morgan fingerprint density at radius 2 is 1.89 bits per heavy atom. The van der Waals surface area contributed by atoms with Gasteiger partial charge >= 0.3 is 0 Å². The van der Waals surface area contributed by atoms with E-state index in [-0.39, 0.29) is 10.7 Å². The Morgan fingerprint density at radius 3 is 2.50 bits per heavy atom. The number of carbonyl (C=O) groups excluding carboxylic acids is 1. The summed E-state index contributed by atoms with van der Waals surface area (Å²) in [5.74, 6) is 0.0348. The topological polar surface area (TPSA) is 63.2 Å². The molecule has 0 aliphatic heterocycles.